The number of nitro groups is 1. The molecule has 3 N–H and O–H groups in total. The van der Waals surface area contributed by atoms with Crippen molar-refractivity contribution in [2.24, 2.45) is 22.9 Å². The van der Waals surface area contributed by atoms with E-state index < -0.39 is 28.8 Å². The molecule has 0 saturated heterocycles. The van der Waals surface area contributed by atoms with Crippen LogP contribution in [0.3, 0.4) is 0 Å². The van der Waals surface area contributed by atoms with Gasteiger partial charge in [-0.1, -0.05) is 131 Å². The number of amides is 2. The zero-order valence-corrected chi connectivity index (χ0v) is 43.6. The van der Waals surface area contributed by atoms with E-state index in [2.05, 4.69) is 49.2 Å². The maximum atomic E-state index is 15.6. The predicted octanol–water partition coefficient (Wildman–Crippen LogP) is 12.6. The lowest BCUT2D eigenvalue weighted by Crippen LogP contribution is -2.70. The van der Waals surface area contributed by atoms with Crippen LogP contribution in [0, 0.1) is 27.9 Å². The lowest BCUT2D eigenvalue weighted by Gasteiger charge is -2.60. The number of ether oxygens (including phenoxy) is 3. The van der Waals surface area contributed by atoms with E-state index in [1.54, 1.807) is 24.3 Å². The van der Waals surface area contributed by atoms with Crippen molar-refractivity contribution < 1.29 is 43.8 Å². The van der Waals surface area contributed by atoms with Crippen LogP contribution < -0.4 is 14.8 Å². The first-order valence-electron chi connectivity index (χ1n) is 27.3. The van der Waals surface area contributed by atoms with Crippen molar-refractivity contribution in [3.63, 3.8) is 0 Å². The number of aliphatic hydroxyl groups excluding tert-OH is 2. The van der Waals surface area contributed by atoms with Gasteiger partial charge in [-0.05, 0) is 109 Å². The van der Waals surface area contributed by atoms with E-state index in [-0.39, 0.29) is 68.7 Å². The molecule has 2 aliphatic carbocycles. The van der Waals surface area contributed by atoms with Crippen molar-refractivity contribution in [2.45, 2.75) is 154 Å². The highest BCUT2D eigenvalue weighted by atomic mass is 16.7. The second-order valence-corrected chi connectivity index (χ2v) is 20.1. The number of nitro benzene ring substituents is 1. The van der Waals surface area contributed by atoms with Crippen LogP contribution in [-0.2, 0) is 27.5 Å². The zero-order valence-electron chi connectivity index (χ0n) is 43.6. The fourth-order valence-electron chi connectivity index (χ4n) is 11.6. The monoisotopic (exact) mass is 1010 g/mol. The topological polar surface area (TPSA) is 182 Å². The number of hydrogen-bond donors (Lipinski definition) is 3. The van der Waals surface area contributed by atoms with E-state index in [0.717, 1.165) is 78.8 Å². The van der Waals surface area contributed by atoms with Gasteiger partial charge >= 0.3 is 6.09 Å². The summed E-state index contributed by atoms with van der Waals surface area (Å²) in [5.41, 5.74) is 3.97. The van der Waals surface area contributed by atoms with Crippen LogP contribution >= 0.6 is 0 Å². The van der Waals surface area contributed by atoms with Crippen LogP contribution in [-0.4, -0.2) is 75.9 Å². The summed E-state index contributed by atoms with van der Waals surface area (Å²) in [6.45, 7) is 9.05. The van der Waals surface area contributed by atoms with Gasteiger partial charge in [0.1, 0.15) is 24.1 Å². The van der Waals surface area contributed by atoms with Crippen molar-refractivity contribution >= 4 is 34.2 Å². The lowest BCUT2D eigenvalue weighted by atomic mass is 9.55. The van der Waals surface area contributed by atoms with Gasteiger partial charge in [0.25, 0.3) is 5.69 Å². The number of rotatable bonds is 30. The number of nitrogens with one attached hydrogen (secondary N) is 1. The van der Waals surface area contributed by atoms with Gasteiger partial charge in [-0.25, -0.2) is 4.79 Å². The van der Waals surface area contributed by atoms with Crippen molar-refractivity contribution in [3.8, 4) is 11.5 Å². The molecule has 0 aromatic heterocycles. The first kappa shape index (κ1) is 55.7. The number of allylic oxidation sites excluding steroid dienone is 1. The minimum Gasteiger partial charge on any atom is -0.459 e. The summed E-state index contributed by atoms with van der Waals surface area (Å²) in [5, 5.41) is 41.5. The molecule has 3 aliphatic rings. The van der Waals surface area contributed by atoms with Crippen LogP contribution in [0.25, 0.3) is 10.8 Å². The van der Waals surface area contributed by atoms with E-state index in [4.69, 9.17) is 24.2 Å². The van der Waals surface area contributed by atoms with Crippen LogP contribution in [0.4, 0.5) is 10.5 Å². The molecule has 7 rings (SSSR count). The van der Waals surface area contributed by atoms with Gasteiger partial charge in [0.05, 0.1) is 23.2 Å². The van der Waals surface area contributed by atoms with Crippen LogP contribution in [0.2, 0.25) is 0 Å². The van der Waals surface area contributed by atoms with E-state index in [1.165, 1.54) is 44.2 Å². The Bertz CT molecular complexity index is 2540. The Morgan fingerprint density at radius 2 is 1.61 bits per heavy atom. The molecule has 0 spiro atoms. The number of benzene rings is 4. The SMILES string of the molecule is C=CCO[C@@]12Oc3ccc(OC(=O)NCC)cc3[C@H]3[C@H](CCCCO)[C@@H](CCCCO)C=C(C(=NOCc4ccc([N+](=O)[O-])cc4)C[C@@H]1N(Cc1cccc4ccccc14)C(=O)CCCCCCCCCCC)[C@H]32. The third kappa shape index (κ3) is 13.8. The minimum absolute atomic E-state index is 0.0241. The molecule has 14 nitrogen and oxygen atoms in total. The average molecular weight is 1020 g/mol. The highest BCUT2D eigenvalue weighted by Gasteiger charge is 2.65. The Kier molecular flexibility index (Phi) is 21.0. The number of oxime groups is 1. The number of non-ortho nitro benzene ring substituents is 1. The maximum Gasteiger partial charge on any atom is 0.412 e. The summed E-state index contributed by atoms with van der Waals surface area (Å²) in [7, 11) is 0. The summed E-state index contributed by atoms with van der Waals surface area (Å²) >= 11 is 0. The van der Waals surface area contributed by atoms with Crippen LogP contribution in [0.5, 0.6) is 11.5 Å². The Morgan fingerprint density at radius 3 is 2.32 bits per heavy atom. The van der Waals surface area contributed by atoms with Crippen molar-refractivity contribution in [3.05, 3.63) is 136 Å². The Labute approximate surface area is 437 Å². The van der Waals surface area contributed by atoms with Gasteiger partial charge in [-0.15, -0.1) is 6.58 Å². The lowest BCUT2D eigenvalue weighted by molar-refractivity contribution is -0.384. The summed E-state index contributed by atoms with van der Waals surface area (Å²) in [6.07, 6.45) is 18.2. The molecule has 74 heavy (non-hydrogen) atoms. The number of fused-ring (bicyclic) bond motifs is 3. The Balaban J connectivity index is 1.40. The molecule has 4 aromatic carbocycles. The molecular weight excluding hydrogens is 937 g/mol. The molecule has 2 amide bonds. The minimum atomic E-state index is -1.50. The molecule has 14 heteroatoms. The molecular formula is C60H78N4O10. The zero-order chi connectivity index (χ0) is 52.3. The molecule has 6 atom stereocenters. The molecule has 0 radical (unpaired) electrons. The largest absolute Gasteiger partial charge is 0.459 e. The fraction of sp³-hybridized carbons (Fsp3) is 0.517. The van der Waals surface area contributed by atoms with E-state index in [1.807, 2.05) is 42.2 Å². The van der Waals surface area contributed by atoms with E-state index >= 15 is 4.79 Å². The number of nitrogens with zero attached hydrogens (tertiary/aromatic N) is 3. The Hall–Kier alpha value is -6.09. The van der Waals surface area contributed by atoms with Gasteiger partial charge in [0.15, 0.2) is 0 Å². The highest BCUT2D eigenvalue weighted by Crippen LogP contribution is 2.62. The maximum absolute atomic E-state index is 15.6. The molecule has 1 saturated carbocycles. The van der Waals surface area contributed by atoms with Crippen LogP contribution in [0.1, 0.15) is 146 Å². The third-order valence-corrected chi connectivity index (χ3v) is 15.1. The third-order valence-electron chi connectivity index (χ3n) is 15.1. The summed E-state index contributed by atoms with van der Waals surface area (Å²) in [4.78, 5) is 47.9. The van der Waals surface area contributed by atoms with Gasteiger partial charge in [-0.3, -0.25) is 14.9 Å². The van der Waals surface area contributed by atoms with Crippen molar-refractivity contribution in [2.75, 3.05) is 26.4 Å². The highest BCUT2D eigenvalue weighted by molar-refractivity contribution is 6.03. The molecule has 1 heterocycles. The first-order chi connectivity index (χ1) is 36.2. The first-order valence-corrected chi connectivity index (χ1v) is 27.3. The normalized spacial score (nSPS) is 21.2. The number of carbonyl (C=O) groups excluding carboxylic acids is 2. The quantitative estimate of drug-likeness (QED) is 0.0197. The molecule has 0 unspecified atom stereocenters. The van der Waals surface area contributed by atoms with Crippen molar-refractivity contribution in [1.29, 1.82) is 0 Å². The Morgan fingerprint density at radius 1 is 0.892 bits per heavy atom. The van der Waals surface area contributed by atoms with Crippen LogP contribution in [0.15, 0.2) is 114 Å². The summed E-state index contributed by atoms with van der Waals surface area (Å²) in [5.74, 6) is -1.62. The summed E-state index contributed by atoms with van der Waals surface area (Å²) < 4.78 is 20.7. The fourth-order valence-corrected chi connectivity index (χ4v) is 11.6. The molecule has 0 bridgehead atoms. The molecule has 398 valence electrons. The van der Waals surface area contributed by atoms with Crippen molar-refractivity contribution in [1.82, 2.24) is 10.2 Å². The second-order valence-electron chi connectivity index (χ2n) is 20.1. The van der Waals surface area contributed by atoms with Gasteiger partial charge < -0.3 is 39.5 Å². The predicted molar refractivity (Wildman–Crippen MR) is 289 cm³/mol. The molecule has 4 aromatic rings. The standard InChI is InChI=1S/C60H78N4O10/c1-4-7-8-9-10-11-12-13-14-28-56(67)63(41-46-25-21-24-44-22-15-16-26-49(44)46)55-40-53(62-72-42-43-29-31-47(32-30-43)64(69)70)51-38-45(23-17-19-35-65)50(27-18-20-36-66)57-52-39-48(73-59(68)61-6-3)33-34-54(52)74-60(55,58(51)57)71-37-5-2/h5,15-16,21-22,24-26,29-34,38-39,45,50,55,57-58,65-66H,2,4,6-14,17-20,23,27-28,35-37,40-42H2,1,3H3,(H,61,68)/t45-,50+,55-,57+,58+,60+/m0/s1. The van der Waals surface area contributed by atoms with E-state index in [0.29, 0.717) is 48.6 Å². The van der Waals surface area contributed by atoms with E-state index in [9.17, 15) is 25.1 Å². The summed E-state index contributed by atoms with van der Waals surface area (Å²) in [6, 6.07) is 25.3. The van der Waals surface area contributed by atoms with Gasteiger partial charge in [-0.2, -0.15) is 0 Å². The smallest absolute Gasteiger partial charge is 0.412 e. The average Bonchev–Trinajstić information content (AvgIpc) is 3.40. The molecule has 1 fully saturated rings. The number of carbonyl (C=O) groups is 2. The number of hydrogen-bond acceptors (Lipinski definition) is 11. The molecule has 1 aliphatic heterocycles. The number of unbranched alkanes of at least 4 members (excludes halogenated alkanes) is 10. The van der Waals surface area contributed by atoms with Gasteiger partial charge in [0.2, 0.25) is 11.7 Å². The number of aliphatic hydroxyl groups is 2. The van der Waals surface area contributed by atoms with Gasteiger partial charge in [0, 0.05) is 62.8 Å². The second kappa shape index (κ2) is 28.0.